The molecule has 0 unspecified atom stereocenters. The van der Waals surface area contributed by atoms with Crippen LogP contribution in [0.15, 0.2) is 0 Å². The summed E-state index contributed by atoms with van der Waals surface area (Å²) in [5.74, 6) is 2.09. The SMILES string of the molecule is CC(C)B1OC(C(C)C)(C(C)C)C(C(C)C)(C(C)C)O1. The van der Waals surface area contributed by atoms with Crippen molar-refractivity contribution in [3.8, 4) is 0 Å². The molecule has 1 aliphatic heterocycles. The lowest BCUT2D eigenvalue weighted by Crippen LogP contribution is -2.64. The molecule has 1 saturated heterocycles. The summed E-state index contributed by atoms with van der Waals surface area (Å²) in [6.07, 6.45) is 0. The maximum Gasteiger partial charge on any atom is 0.460 e. The lowest BCUT2D eigenvalue weighted by atomic mass is 9.60. The normalized spacial score (nSPS) is 22.1. The van der Waals surface area contributed by atoms with Gasteiger partial charge in [-0.25, -0.2) is 0 Å². The molecule has 0 aromatic heterocycles. The summed E-state index contributed by atoms with van der Waals surface area (Å²) in [4.78, 5) is 0. The van der Waals surface area contributed by atoms with Gasteiger partial charge in [-0.1, -0.05) is 69.2 Å². The van der Waals surface area contributed by atoms with Crippen molar-refractivity contribution in [1.29, 1.82) is 0 Å². The third-order valence-corrected chi connectivity index (χ3v) is 5.21. The van der Waals surface area contributed by atoms with Gasteiger partial charge in [0.05, 0.1) is 11.2 Å². The van der Waals surface area contributed by atoms with Crippen LogP contribution in [0.5, 0.6) is 0 Å². The molecule has 0 atom stereocenters. The van der Waals surface area contributed by atoms with Crippen LogP contribution in [-0.4, -0.2) is 18.3 Å². The van der Waals surface area contributed by atoms with Crippen LogP contribution in [0, 0.1) is 23.7 Å². The topological polar surface area (TPSA) is 18.5 Å². The van der Waals surface area contributed by atoms with Gasteiger partial charge < -0.3 is 9.31 Å². The predicted octanol–water partition coefficient (Wildman–Crippen LogP) is 5.03. The molecule has 1 aliphatic rings. The van der Waals surface area contributed by atoms with Crippen LogP contribution in [0.25, 0.3) is 0 Å². The van der Waals surface area contributed by atoms with E-state index in [4.69, 9.17) is 9.31 Å². The van der Waals surface area contributed by atoms with Crippen LogP contribution in [0.1, 0.15) is 69.2 Å². The Morgan fingerprint density at radius 2 is 0.800 bits per heavy atom. The third kappa shape index (κ3) is 2.35. The van der Waals surface area contributed by atoms with Crippen molar-refractivity contribution in [3.63, 3.8) is 0 Å². The van der Waals surface area contributed by atoms with E-state index in [1.165, 1.54) is 0 Å². The summed E-state index contributed by atoms with van der Waals surface area (Å²) in [7, 11) is -0.0930. The van der Waals surface area contributed by atoms with Crippen molar-refractivity contribution < 1.29 is 9.31 Å². The molecule has 1 heterocycles. The molecule has 0 saturated carbocycles. The Bertz CT molecular complexity index is 277. The molecule has 3 heteroatoms. The van der Waals surface area contributed by atoms with E-state index in [0.29, 0.717) is 29.5 Å². The first-order valence-corrected chi connectivity index (χ1v) is 8.39. The van der Waals surface area contributed by atoms with E-state index in [0.717, 1.165) is 0 Å². The average molecular weight is 282 g/mol. The highest BCUT2D eigenvalue weighted by molar-refractivity contribution is 6.47. The Morgan fingerprint density at radius 3 is 0.950 bits per heavy atom. The van der Waals surface area contributed by atoms with Gasteiger partial charge in [0.15, 0.2) is 0 Å². The predicted molar refractivity (Wildman–Crippen MR) is 87.8 cm³/mol. The fraction of sp³-hybridized carbons (Fsp3) is 1.00. The Balaban J connectivity index is 3.48. The summed E-state index contributed by atoms with van der Waals surface area (Å²) in [6.45, 7) is 22.6. The first-order valence-electron chi connectivity index (χ1n) is 8.39. The van der Waals surface area contributed by atoms with Crippen molar-refractivity contribution in [2.24, 2.45) is 23.7 Å². The summed E-state index contributed by atoms with van der Waals surface area (Å²) in [6, 6.07) is 0. The van der Waals surface area contributed by atoms with Crippen LogP contribution in [-0.2, 0) is 9.31 Å². The van der Waals surface area contributed by atoms with Gasteiger partial charge >= 0.3 is 7.12 Å². The van der Waals surface area contributed by atoms with Gasteiger partial charge in [0.25, 0.3) is 0 Å². The molecule has 0 spiro atoms. The Kier molecular flexibility index (Phi) is 5.41. The Morgan fingerprint density at radius 1 is 0.550 bits per heavy atom. The van der Waals surface area contributed by atoms with Crippen molar-refractivity contribution in [2.45, 2.75) is 86.3 Å². The van der Waals surface area contributed by atoms with Gasteiger partial charge in [0.2, 0.25) is 0 Å². The number of rotatable bonds is 5. The fourth-order valence-corrected chi connectivity index (χ4v) is 4.55. The maximum atomic E-state index is 6.65. The molecule has 2 nitrogen and oxygen atoms in total. The summed E-state index contributed by atoms with van der Waals surface area (Å²) >= 11 is 0. The van der Waals surface area contributed by atoms with Crippen molar-refractivity contribution >= 4 is 7.12 Å². The highest BCUT2D eigenvalue weighted by Gasteiger charge is 2.67. The van der Waals surface area contributed by atoms with Crippen LogP contribution < -0.4 is 0 Å². The molecule has 0 N–H and O–H groups in total. The van der Waals surface area contributed by atoms with Gasteiger partial charge in [0, 0.05) is 0 Å². The van der Waals surface area contributed by atoms with Crippen molar-refractivity contribution in [3.05, 3.63) is 0 Å². The molecule has 1 rings (SSSR count). The van der Waals surface area contributed by atoms with Crippen LogP contribution in [0.4, 0.5) is 0 Å². The van der Waals surface area contributed by atoms with Gasteiger partial charge in [0.1, 0.15) is 0 Å². The molecule has 0 aliphatic carbocycles. The molecule has 1 fully saturated rings. The van der Waals surface area contributed by atoms with E-state index in [2.05, 4.69) is 69.2 Å². The first kappa shape index (κ1) is 18.0. The van der Waals surface area contributed by atoms with E-state index in [1.54, 1.807) is 0 Å². The number of hydrogen-bond acceptors (Lipinski definition) is 2. The molecule has 0 radical (unpaired) electrons. The summed E-state index contributed by atoms with van der Waals surface area (Å²) in [5, 5.41) is 0. The molecule has 0 bridgehead atoms. The number of hydrogen-bond donors (Lipinski definition) is 0. The second-order valence-electron chi connectivity index (χ2n) is 8.05. The molecular formula is C17H35BO2. The molecule has 0 aromatic rings. The van der Waals surface area contributed by atoms with E-state index in [1.807, 2.05) is 0 Å². The zero-order chi connectivity index (χ0) is 15.9. The van der Waals surface area contributed by atoms with Crippen LogP contribution in [0.2, 0.25) is 5.82 Å². The maximum absolute atomic E-state index is 6.65. The molecular weight excluding hydrogens is 247 g/mol. The van der Waals surface area contributed by atoms with Crippen molar-refractivity contribution in [2.75, 3.05) is 0 Å². The van der Waals surface area contributed by atoms with Gasteiger partial charge in [-0.15, -0.1) is 0 Å². The van der Waals surface area contributed by atoms with Gasteiger partial charge in [-0.05, 0) is 29.5 Å². The average Bonchev–Trinajstić information content (AvgIpc) is 2.66. The first-order chi connectivity index (χ1) is 9.04. The minimum Gasteiger partial charge on any atom is -0.402 e. The zero-order valence-electron chi connectivity index (χ0n) is 15.3. The lowest BCUT2D eigenvalue weighted by molar-refractivity contribution is -0.158. The standard InChI is InChI=1S/C17H35BO2/c1-11(2)16(12(3)4)17(13(5)6,14(7)8)20-18(19-16)15(9)10/h11-15H,1-10H3. The van der Waals surface area contributed by atoms with Gasteiger partial charge in [-0.3, -0.25) is 0 Å². The Labute approximate surface area is 127 Å². The highest BCUT2D eigenvalue weighted by Crippen LogP contribution is 2.56. The zero-order valence-corrected chi connectivity index (χ0v) is 15.3. The molecule has 0 aromatic carbocycles. The second kappa shape index (κ2) is 6.00. The Hall–Kier alpha value is -0.0151. The van der Waals surface area contributed by atoms with E-state index >= 15 is 0 Å². The molecule has 118 valence electrons. The smallest absolute Gasteiger partial charge is 0.402 e. The van der Waals surface area contributed by atoms with Crippen LogP contribution >= 0.6 is 0 Å². The fourth-order valence-electron chi connectivity index (χ4n) is 4.55. The van der Waals surface area contributed by atoms with E-state index in [-0.39, 0.29) is 18.3 Å². The van der Waals surface area contributed by atoms with Crippen LogP contribution in [0.3, 0.4) is 0 Å². The largest absolute Gasteiger partial charge is 0.460 e. The molecule has 0 amide bonds. The van der Waals surface area contributed by atoms with Gasteiger partial charge in [-0.2, -0.15) is 0 Å². The second-order valence-corrected chi connectivity index (χ2v) is 8.05. The summed E-state index contributed by atoms with van der Waals surface area (Å²) < 4.78 is 13.3. The minimum atomic E-state index is -0.218. The lowest BCUT2D eigenvalue weighted by Gasteiger charge is -2.54. The molecule has 20 heavy (non-hydrogen) atoms. The van der Waals surface area contributed by atoms with Crippen molar-refractivity contribution in [1.82, 2.24) is 0 Å². The summed E-state index contributed by atoms with van der Waals surface area (Å²) in [5.41, 5.74) is -0.436. The highest BCUT2D eigenvalue weighted by atomic mass is 16.7. The van der Waals surface area contributed by atoms with E-state index < -0.39 is 0 Å². The monoisotopic (exact) mass is 282 g/mol. The van der Waals surface area contributed by atoms with E-state index in [9.17, 15) is 0 Å². The minimum absolute atomic E-state index is 0.0930. The third-order valence-electron chi connectivity index (χ3n) is 5.21. The quantitative estimate of drug-likeness (QED) is 0.658.